The number of amides is 2. The van der Waals surface area contributed by atoms with Crippen molar-refractivity contribution in [3.05, 3.63) is 29.8 Å². The molecule has 1 aromatic carbocycles. The molecule has 0 bridgehead atoms. The lowest BCUT2D eigenvalue weighted by Gasteiger charge is -2.15. The van der Waals surface area contributed by atoms with Crippen molar-refractivity contribution in [1.29, 1.82) is 0 Å². The Hall–Kier alpha value is -1.92. The molecule has 0 aromatic heterocycles. The minimum atomic E-state index is -0.0301. The second-order valence-corrected chi connectivity index (χ2v) is 4.97. The van der Waals surface area contributed by atoms with E-state index in [-0.39, 0.29) is 11.8 Å². The number of hydrogen-bond acceptors (Lipinski definition) is 4. The number of anilines is 1. The summed E-state index contributed by atoms with van der Waals surface area (Å²) in [6.45, 7) is 1.49. The van der Waals surface area contributed by atoms with Crippen molar-refractivity contribution in [1.82, 2.24) is 10.2 Å². The molecule has 4 N–H and O–H groups in total. The van der Waals surface area contributed by atoms with Gasteiger partial charge in [-0.2, -0.15) is 0 Å². The van der Waals surface area contributed by atoms with E-state index in [4.69, 9.17) is 5.73 Å². The highest BCUT2D eigenvalue weighted by atomic mass is 16.2. The minimum Gasteiger partial charge on any atom is -0.358 e. The number of carbonyl (C=O) groups is 2. The number of rotatable bonds is 8. The lowest BCUT2D eigenvalue weighted by Crippen LogP contribution is -2.33. The van der Waals surface area contributed by atoms with E-state index in [9.17, 15) is 9.59 Å². The van der Waals surface area contributed by atoms with Crippen LogP contribution in [0.4, 0.5) is 5.69 Å². The standard InChI is InChI=1S/C15H24N4O2/c1-17-15(21)11-19(2)8-4-7-14(20)18-13-6-3-5-12(9-13)10-16/h3,5-6,9H,4,7-8,10-11,16H2,1-2H3,(H,17,21)(H,18,20). The van der Waals surface area contributed by atoms with Crippen LogP contribution >= 0.6 is 0 Å². The fourth-order valence-corrected chi connectivity index (χ4v) is 1.91. The van der Waals surface area contributed by atoms with Gasteiger partial charge in [0.1, 0.15) is 0 Å². The van der Waals surface area contributed by atoms with Gasteiger partial charge in [0, 0.05) is 25.7 Å². The van der Waals surface area contributed by atoms with E-state index in [1.807, 2.05) is 36.2 Å². The smallest absolute Gasteiger partial charge is 0.233 e. The van der Waals surface area contributed by atoms with Gasteiger partial charge in [0.2, 0.25) is 11.8 Å². The lowest BCUT2D eigenvalue weighted by atomic mass is 10.2. The Morgan fingerprint density at radius 1 is 1.29 bits per heavy atom. The van der Waals surface area contributed by atoms with Gasteiger partial charge in [-0.05, 0) is 37.7 Å². The van der Waals surface area contributed by atoms with E-state index in [2.05, 4.69) is 10.6 Å². The number of benzene rings is 1. The van der Waals surface area contributed by atoms with Gasteiger partial charge < -0.3 is 16.4 Å². The van der Waals surface area contributed by atoms with E-state index >= 15 is 0 Å². The van der Waals surface area contributed by atoms with Crippen LogP contribution in [0.3, 0.4) is 0 Å². The normalized spacial score (nSPS) is 10.5. The van der Waals surface area contributed by atoms with Crippen molar-refractivity contribution in [2.24, 2.45) is 5.73 Å². The zero-order valence-electron chi connectivity index (χ0n) is 12.7. The third-order valence-corrected chi connectivity index (χ3v) is 3.08. The molecule has 0 aliphatic heterocycles. The van der Waals surface area contributed by atoms with Crippen LogP contribution in [-0.4, -0.2) is 43.9 Å². The summed E-state index contributed by atoms with van der Waals surface area (Å²) in [5, 5.41) is 5.42. The van der Waals surface area contributed by atoms with Crippen LogP contribution in [0.1, 0.15) is 18.4 Å². The number of likely N-dealkylation sites (N-methyl/N-ethyl adjacent to an activating group) is 2. The van der Waals surface area contributed by atoms with Crippen LogP contribution < -0.4 is 16.4 Å². The fraction of sp³-hybridized carbons (Fsp3) is 0.467. The molecule has 0 aliphatic rings. The van der Waals surface area contributed by atoms with Crippen LogP contribution in [0.2, 0.25) is 0 Å². The summed E-state index contributed by atoms with van der Waals surface area (Å²) in [5.74, 6) is -0.0573. The SMILES string of the molecule is CNC(=O)CN(C)CCCC(=O)Nc1cccc(CN)c1. The van der Waals surface area contributed by atoms with Crippen molar-refractivity contribution < 1.29 is 9.59 Å². The van der Waals surface area contributed by atoms with E-state index in [1.54, 1.807) is 7.05 Å². The van der Waals surface area contributed by atoms with Gasteiger partial charge in [0.15, 0.2) is 0 Å². The fourth-order valence-electron chi connectivity index (χ4n) is 1.91. The first-order valence-electron chi connectivity index (χ1n) is 7.03. The molecule has 6 heteroatoms. The Kier molecular flexibility index (Phi) is 7.42. The van der Waals surface area contributed by atoms with E-state index in [0.29, 0.717) is 32.5 Å². The summed E-state index contributed by atoms with van der Waals surface area (Å²) >= 11 is 0. The van der Waals surface area contributed by atoms with Gasteiger partial charge in [-0.15, -0.1) is 0 Å². The van der Waals surface area contributed by atoms with Crippen LogP contribution in [0.15, 0.2) is 24.3 Å². The number of carbonyl (C=O) groups excluding carboxylic acids is 2. The Morgan fingerprint density at radius 3 is 2.71 bits per heavy atom. The van der Waals surface area contributed by atoms with E-state index in [0.717, 1.165) is 11.3 Å². The van der Waals surface area contributed by atoms with Crippen LogP contribution in [0, 0.1) is 0 Å². The quantitative estimate of drug-likeness (QED) is 0.652. The number of nitrogens with two attached hydrogens (primary N) is 1. The van der Waals surface area contributed by atoms with Crippen molar-refractivity contribution >= 4 is 17.5 Å². The number of nitrogens with one attached hydrogen (secondary N) is 2. The summed E-state index contributed by atoms with van der Waals surface area (Å²) in [4.78, 5) is 24.9. The molecule has 6 nitrogen and oxygen atoms in total. The Balaban J connectivity index is 2.29. The molecule has 0 unspecified atom stereocenters. The predicted octanol–water partition coefficient (Wildman–Crippen LogP) is 0.542. The van der Waals surface area contributed by atoms with Crippen molar-refractivity contribution in [2.75, 3.05) is 32.5 Å². The molecule has 0 radical (unpaired) electrons. The molecule has 2 amide bonds. The summed E-state index contributed by atoms with van der Waals surface area (Å²) in [6.07, 6.45) is 1.13. The molecule has 0 saturated heterocycles. The van der Waals surface area contributed by atoms with Crippen molar-refractivity contribution in [3.63, 3.8) is 0 Å². The molecular weight excluding hydrogens is 268 g/mol. The molecule has 0 heterocycles. The topological polar surface area (TPSA) is 87.5 Å². The maximum Gasteiger partial charge on any atom is 0.233 e. The summed E-state index contributed by atoms with van der Waals surface area (Å²) in [6, 6.07) is 7.50. The number of hydrogen-bond donors (Lipinski definition) is 3. The molecular formula is C15H24N4O2. The second-order valence-electron chi connectivity index (χ2n) is 4.97. The first-order valence-corrected chi connectivity index (χ1v) is 7.03. The third-order valence-electron chi connectivity index (χ3n) is 3.08. The Labute approximate surface area is 125 Å². The highest BCUT2D eigenvalue weighted by Gasteiger charge is 2.07. The largest absolute Gasteiger partial charge is 0.358 e. The monoisotopic (exact) mass is 292 g/mol. The maximum atomic E-state index is 11.8. The molecule has 0 atom stereocenters. The molecule has 21 heavy (non-hydrogen) atoms. The molecule has 1 rings (SSSR count). The van der Waals surface area contributed by atoms with Crippen molar-refractivity contribution in [3.8, 4) is 0 Å². The first kappa shape index (κ1) is 17.1. The predicted molar refractivity (Wildman–Crippen MR) is 83.8 cm³/mol. The Bertz CT molecular complexity index is 476. The van der Waals surface area contributed by atoms with Crippen LogP contribution in [0.5, 0.6) is 0 Å². The summed E-state index contributed by atoms with van der Waals surface area (Å²) in [5.41, 5.74) is 7.31. The summed E-state index contributed by atoms with van der Waals surface area (Å²) in [7, 11) is 3.47. The summed E-state index contributed by atoms with van der Waals surface area (Å²) < 4.78 is 0. The maximum absolute atomic E-state index is 11.8. The van der Waals surface area contributed by atoms with Gasteiger partial charge in [0.25, 0.3) is 0 Å². The molecule has 0 fully saturated rings. The van der Waals surface area contributed by atoms with E-state index < -0.39 is 0 Å². The van der Waals surface area contributed by atoms with Crippen molar-refractivity contribution in [2.45, 2.75) is 19.4 Å². The highest BCUT2D eigenvalue weighted by Crippen LogP contribution is 2.10. The second kappa shape index (κ2) is 9.10. The van der Waals surface area contributed by atoms with Crippen LogP contribution in [-0.2, 0) is 16.1 Å². The molecule has 1 aromatic rings. The third kappa shape index (κ3) is 6.87. The van der Waals surface area contributed by atoms with Gasteiger partial charge in [0.05, 0.1) is 6.54 Å². The molecule has 0 spiro atoms. The number of nitrogens with zero attached hydrogens (tertiary/aromatic N) is 1. The Morgan fingerprint density at radius 2 is 2.05 bits per heavy atom. The van der Waals surface area contributed by atoms with Gasteiger partial charge in [-0.25, -0.2) is 0 Å². The zero-order valence-corrected chi connectivity index (χ0v) is 12.7. The molecule has 0 aliphatic carbocycles. The average molecular weight is 292 g/mol. The highest BCUT2D eigenvalue weighted by molar-refractivity contribution is 5.90. The van der Waals surface area contributed by atoms with Gasteiger partial charge in [-0.1, -0.05) is 12.1 Å². The average Bonchev–Trinajstić information content (AvgIpc) is 2.47. The van der Waals surface area contributed by atoms with E-state index in [1.165, 1.54) is 0 Å². The first-order chi connectivity index (χ1) is 10.0. The lowest BCUT2D eigenvalue weighted by molar-refractivity contribution is -0.121. The van der Waals surface area contributed by atoms with Gasteiger partial charge in [-0.3, -0.25) is 14.5 Å². The minimum absolute atomic E-state index is 0.0273. The van der Waals surface area contributed by atoms with Gasteiger partial charge >= 0.3 is 0 Å². The van der Waals surface area contributed by atoms with Crippen LogP contribution in [0.25, 0.3) is 0 Å². The molecule has 116 valence electrons. The zero-order chi connectivity index (χ0) is 15.7. The molecule has 0 saturated carbocycles.